The molecule has 12 heavy (non-hydrogen) atoms. The van der Waals surface area contributed by atoms with Crippen LogP contribution in [0.4, 0.5) is 0 Å². The molecule has 1 fully saturated rings. The van der Waals surface area contributed by atoms with Crippen LogP contribution in [0, 0.1) is 5.41 Å². The van der Waals surface area contributed by atoms with Gasteiger partial charge < -0.3 is 14.4 Å². The summed E-state index contributed by atoms with van der Waals surface area (Å²) >= 11 is 0. The number of rotatable bonds is 2. The van der Waals surface area contributed by atoms with Crippen LogP contribution in [-0.4, -0.2) is 31.4 Å². The maximum Gasteiger partial charge on any atom is 0.456 e. The Bertz CT molecular complexity index is 174. The molecule has 0 bridgehead atoms. The van der Waals surface area contributed by atoms with Crippen molar-refractivity contribution in [1.82, 2.24) is 0 Å². The number of carboxylic acids is 1. The summed E-state index contributed by atoms with van der Waals surface area (Å²) in [6, 6.07) is 0. The Morgan fingerprint density at radius 1 is 1.58 bits per heavy atom. The Hall–Kier alpha value is -0.545. The van der Waals surface area contributed by atoms with E-state index in [2.05, 4.69) is 0 Å². The Morgan fingerprint density at radius 2 is 2.08 bits per heavy atom. The zero-order valence-corrected chi connectivity index (χ0v) is 7.37. The Balaban J connectivity index is 2.49. The quantitative estimate of drug-likeness (QED) is 0.620. The van der Waals surface area contributed by atoms with E-state index < -0.39 is 11.4 Å². The minimum absolute atomic E-state index is 0.225. The van der Waals surface area contributed by atoms with E-state index in [1.165, 1.54) is 0 Å². The highest BCUT2D eigenvalue weighted by molar-refractivity contribution is 6.44. The topological polar surface area (TPSA) is 55.8 Å². The summed E-state index contributed by atoms with van der Waals surface area (Å²) in [4.78, 5) is 10.7. The van der Waals surface area contributed by atoms with Gasteiger partial charge in [0.25, 0.3) is 0 Å². The molecule has 0 aromatic heterocycles. The second-order valence-electron chi connectivity index (χ2n) is 3.33. The summed E-state index contributed by atoms with van der Waals surface area (Å²) in [5.41, 5.74) is -0.869. The molecule has 0 spiro atoms. The molecule has 1 heterocycles. The highest BCUT2D eigenvalue weighted by Crippen LogP contribution is 2.23. The predicted molar refractivity (Wildman–Crippen MR) is 43.9 cm³/mol. The zero-order chi connectivity index (χ0) is 9.19. The van der Waals surface area contributed by atoms with Gasteiger partial charge >= 0.3 is 13.1 Å². The number of hydrogen-bond donors (Lipinski definition) is 1. The van der Waals surface area contributed by atoms with Crippen LogP contribution in [0.2, 0.25) is 6.32 Å². The van der Waals surface area contributed by atoms with Crippen LogP contribution in [0.1, 0.15) is 13.8 Å². The molecule has 68 valence electrons. The third-order valence-electron chi connectivity index (χ3n) is 2.03. The van der Waals surface area contributed by atoms with Gasteiger partial charge in [-0.1, -0.05) is 6.92 Å². The lowest BCUT2D eigenvalue weighted by Crippen LogP contribution is -2.46. The van der Waals surface area contributed by atoms with Crippen molar-refractivity contribution in [2.75, 3.05) is 13.2 Å². The molecule has 1 aliphatic rings. The van der Waals surface area contributed by atoms with E-state index in [1.54, 1.807) is 6.92 Å². The molecule has 1 saturated heterocycles. The lowest BCUT2D eigenvalue weighted by atomic mass is 9.80. The van der Waals surface area contributed by atoms with Gasteiger partial charge in [-0.15, -0.1) is 0 Å². The van der Waals surface area contributed by atoms with Crippen molar-refractivity contribution in [3.05, 3.63) is 0 Å². The molecule has 5 heteroatoms. The van der Waals surface area contributed by atoms with Gasteiger partial charge in [0, 0.05) is 13.2 Å². The SMILES string of the molecule is CCB1OCC(C)(C(=O)O)CO1. The fourth-order valence-corrected chi connectivity index (χ4v) is 1.00. The molecule has 1 rings (SSSR count). The Labute approximate surface area is 72.0 Å². The molecule has 0 aromatic carbocycles. The van der Waals surface area contributed by atoms with E-state index >= 15 is 0 Å². The molecule has 0 amide bonds. The third-order valence-corrected chi connectivity index (χ3v) is 2.03. The molecule has 1 aliphatic heterocycles. The smallest absolute Gasteiger partial charge is 0.456 e. The second kappa shape index (κ2) is 3.45. The molecule has 0 unspecified atom stereocenters. The van der Waals surface area contributed by atoms with E-state index in [4.69, 9.17) is 14.4 Å². The van der Waals surface area contributed by atoms with Gasteiger partial charge in [-0.3, -0.25) is 4.79 Å². The first kappa shape index (κ1) is 9.54. The van der Waals surface area contributed by atoms with E-state index in [0.29, 0.717) is 0 Å². The van der Waals surface area contributed by atoms with Crippen LogP contribution in [0.25, 0.3) is 0 Å². The van der Waals surface area contributed by atoms with Crippen molar-refractivity contribution in [2.24, 2.45) is 5.41 Å². The standard InChI is InChI=1S/C7H13BO4/c1-3-8-11-4-7(2,5-12-8)6(9)10/h3-5H2,1-2H3,(H,9,10). The second-order valence-corrected chi connectivity index (χ2v) is 3.33. The molecule has 0 aromatic rings. The number of carboxylic acid groups (broad SMARTS) is 1. The lowest BCUT2D eigenvalue weighted by molar-refractivity contribution is -0.155. The summed E-state index contributed by atoms with van der Waals surface area (Å²) in [6.07, 6.45) is 0.760. The number of carbonyl (C=O) groups is 1. The van der Waals surface area contributed by atoms with Gasteiger partial charge in [-0.2, -0.15) is 0 Å². The summed E-state index contributed by atoms with van der Waals surface area (Å²) in [7, 11) is -0.225. The molecule has 0 aliphatic carbocycles. The summed E-state index contributed by atoms with van der Waals surface area (Å²) in [5.74, 6) is -0.864. The van der Waals surface area contributed by atoms with Gasteiger partial charge in [-0.25, -0.2) is 0 Å². The minimum atomic E-state index is -0.869. The van der Waals surface area contributed by atoms with Crippen molar-refractivity contribution < 1.29 is 19.2 Å². The summed E-state index contributed by atoms with van der Waals surface area (Å²) < 4.78 is 10.4. The van der Waals surface area contributed by atoms with Gasteiger partial charge in [0.2, 0.25) is 0 Å². The van der Waals surface area contributed by atoms with Crippen LogP contribution in [0.3, 0.4) is 0 Å². The molecule has 0 saturated carbocycles. The van der Waals surface area contributed by atoms with Gasteiger partial charge in [0.15, 0.2) is 0 Å². The number of aliphatic carboxylic acids is 1. The van der Waals surface area contributed by atoms with Crippen LogP contribution < -0.4 is 0 Å². The highest BCUT2D eigenvalue weighted by Gasteiger charge is 2.40. The molecule has 0 atom stereocenters. The fraction of sp³-hybridized carbons (Fsp3) is 0.857. The van der Waals surface area contributed by atoms with Crippen LogP contribution in [0.5, 0.6) is 0 Å². The predicted octanol–water partition coefficient (Wildman–Crippen LogP) is 0.632. The zero-order valence-electron chi connectivity index (χ0n) is 7.37. The summed E-state index contributed by atoms with van der Waals surface area (Å²) in [6.45, 7) is 4.04. The van der Waals surface area contributed by atoms with E-state index in [-0.39, 0.29) is 20.3 Å². The van der Waals surface area contributed by atoms with Crippen LogP contribution in [0.15, 0.2) is 0 Å². The maximum atomic E-state index is 10.7. The van der Waals surface area contributed by atoms with Crippen LogP contribution >= 0.6 is 0 Å². The van der Waals surface area contributed by atoms with Crippen molar-refractivity contribution >= 4 is 13.1 Å². The average Bonchev–Trinajstić information content (AvgIpc) is 2.06. The van der Waals surface area contributed by atoms with E-state index in [9.17, 15) is 4.79 Å². The molecule has 0 radical (unpaired) electrons. The lowest BCUT2D eigenvalue weighted by Gasteiger charge is -2.32. The first-order valence-electron chi connectivity index (χ1n) is 4.05. The highest BCUT2D eigenvalue weighted by atomic mass is 16.6. The van der Waals surface area contributed by atoms with Crippen LogP contribution in [-0.2, 0) is 14.1 Å². The maximum absolute atomic E-state index is 10.7. The van der Waals surface area contributed by atoms with E-state index in [1.807, 2.05) is 6.92 Å². The average molecular weight is 172 g/mol. The van der Waals surface area contributed by atoms with E-state index in [0.717, 1.165) is 6.32 Å². The van der Waals surface area contributed by atoms with Gasteiger partial charge in [-0.05, 0) is 13.2 Å². The molecular weight excluding hydrogens is 159 g/mol. The van der Waals surface area contributed by atoms with Crippen molar-refractivity contribution in [3.8, 4) is 0 Å². The Morgan fingerprint density at radius 3 is 2.42 bits per heavy atom. The van der Waals surface area contributed by atoms with Crippen molar-refractivity contribution in [3.63, 3.8) is 0 Å². The fourth-order valence-electron chi connectivity index (χ4n) is 1.00. The molecule has 4 nitrogen and oxygen atoms in total. The molecule has 1 N–H and O–H groups in total. The first-order valence-corrected chi connectivity index (χ1v) is 4.05. The van der Waals surface area contributed by atoms with Gasteiger partial charge in [0.1, 0.15) is 5.41 Å². The summed E-state index contributed by atoms with van der Waals surface area (Å²) in [5, 5.41) is 8.80. The largest absolute Gasteiger partial charge is 0.481 e. The number of hydrogen-bond acceptors (Lipinski definition) is 3. The van der Waals surface area contributed by atoms with Gasteiger partial charge in [0.05, 0.1) is 0 Å². The third kappa shape index (κ3) is 1.79. The minimum Gasteiger partial charge on any atom is -0.481 e. The molecular formula is C7H13BO4. The monoisotopic (exact) mass is 172 g/mol. The van der Waals surface area contributed by atoms with Crippen molar-refractivity contribution in [1.29, 1.82) is 0 Å². The Kier molecular flexibility index (Phi) is 2.74. The van der Waals surface area contributed by atoms with Crippen molar-refractivity contribution in [2.45, 2.75) is 20.2 Å². The normalized spacial score (nSPS) is 22.3. The first-order chi connectivity index (χ1) is 5.58.